The van der Waals surface area contributed by atoms with Crippen molar-refractivity contribution in [3.63, 3.8) is 0 Å². The van der Waals surface area contributed by atoms with Crippen LogP contribution in [0.25, 0.3) is 11.1 Å². The lowest BCUT2D eigenvalue weighted by atomic mass is 10.2. The van der Waals surface area contributed by atoms with E-state index in [-0.39, 0.29) is 22.8 Å². The Labute approximate surface area is 155 Å². The average Bonchev–Trinajstić information content (AvgIpc) is 3.10. The molecule has 0 amide bonds. The molecule has 0 unspecified atom stereocenters. The summed E-state index contributed by atoms with van der Waals surface area (Å²) in [5.41, 5.74) is 0.958. The lowest BCUT2D eigenvalue weighted by Crippen LogP contribution is -2.31. The average molecular weight is 367 g/mol. The molecule has 0 radical (unpaired) electrons. The van der Waals surface area contributed by atoms with Gasteiger partial charge in [-0.05, 0) is 18.7 Å². The first kappa shape index (κ1) is 19.2. The lowest BCUT2D eigenvalue weighted by molar-refractivity contribution is -0.688. The normalized spacial score (nSPS) is 11.1. The summed E-state index contributed by atoms with van der Waals surface area (Å²) >= 11 is 1.12. The molecule has 2 rings (SSSR count). The van der Waals surface area contributed by atoms with Crippen molar-refractivity contribution in [2.24, 2.45) is 0 Å². The molecule has 26 heavy (non-hydrogen) atoms. The van der Waals surface area contributed by atoms with Crippen LogP contribution in [0.15, 0.2) is 53.5 Å². The second kappa shape index (κ2) is 9.37. The van der Waals surface area contributed by atoms with Crippen LogP contribution in [0, 0.1) is 11.3 Å². The molecule has 1 aromatic carbocycles. The highest BCUT2D eigenvalue weighted by Crippen LogP contribution is 2.26. The van der Waals surface area contributed by atoms with Gasteiger partial charge in [-0.2, -0.15) is 5.26 Å². The fraction of sp³-hybridized carbons (Fsp3) is 0.222. The predicted octanol–water partition coefficient (Wildman–Crippen LogP) is 2.00. The van der Waals surface area contributed by atoms with Gasteiger partial charge in [0.05, 0.1) is 23.6 Å². The van der Waals surface area contributed by atoms with E-state index in [1.807, 2.05) is 42.3 Å². The van der Waals surface area contributed by atoms with E-state index in [0.717, 1.165) is 17.3 Å². The Kier molecular flexibility index (Phi) is 6.92. The van der Waals surface area contributed by atoms with Crippen LogP contribution in [0.4, 0.5) is 0 Å². The molecule has 0 fully saturated rings. The van der Waals surface area contributed by atoms with Crippen LogP contribution in [0.3, 0.4) is 0 Å². The Balaban J connectivity index is 2.49. The van der Waals surface area contributed by atoms with Crippen LogP contribution in [-0.4, -0.2) is 34.5 Å². The molecule has 7 nitrogen and oxygen atoms in total. The zero-order valence-electron chi connectivity index (χ0n) is 14.4. The third-order valence-corrected chi connectivity index (χ3v) is 4.16. The van der Waals surface area contributed by atoms with Crippen LogP contribution >= 0.6 is 11.8 Å². The number of carbonyl (C=O) groups excluding carboxylic acids is 1. The molecular weight excluding hydrogens is 350 g/mol. The van der Waals surface area contributed by atoms with E-state index in [1.54, 1.807) is 30.4 Å². The maximum Gasteiger partial charge on any atom is 0.375 e. The van der Waals surface area contributed by atoms with E-state index < -0.39 is 5.97 Å². The van der Waals surface area contributed by atoms with Gasteiger partial charge in [0.15, 0.2) is 0 Å². The second-order valence-electron chi connectivity index (χ2n) is 5.05. The van der Waals surface area contributed by atoms with Crippen LogP contribution < -0.4 is 4.57 Å². The summed E-state index contributed by atoms with van der Waals surface area (Å²) in [4.78, 5) is 12.7. The Morgan fingerprint density at radius 1 is 1.42 bits per heavy atom. The highest BCUT2D eigenvalue weighted by Gasteiger charge is 2.27. The molecule has 0 saturated heterocycles. The first-order valence-electron chi connectivity index (χ1n) is 7.75. The number of carbonyl (C=O) groups is 1. The highest BCUT2D eigenvalue weighted by molar-refractivity contribution is 8.02. The number of rotatable bonds is 7. The molecule has 0 aliphatic rings. The van der Waals surface area contributed by atoms with Crippen molar-refractivity contribution in [3.05, 3.63) is 64.4 Å². The summed E-state index contributed by atoms with van der Waals surface area (Å²) in [5.74, 6) is 1.17. The van der Waals surface area contributed by atoms with Crippen molar-refractivity contribution >= 4 is 29.3 Å². The maximum absolute atomic E-state index is 12.5. The van der Waals surface area contributed by atoms with Crippen LogP contribution in [0.5, 0.6) is 0 Å². The Morgan fingerprint density at radius 3 is 2.73 bits per heavy atom. The topological polar surface area (TPSA) is 94.1 Å². The molecule has 132 valence electrons. The van der Waals surface area contributed by atoms with Gasteiger partial charge in [0.25, 0.3) is 6.33 Å². The number of esters is 1. The fourth-order valence-electron chi connectivity index (χ4n) is 2.25. The van der Waals surface area contributed by atoms with Crippen molar-refractivity contribution in [2.75, 3.05) is 12.9 Å². The number of benzene rings is 1. The van der Waals surface area contributed by atoms with Crippen LogP contribution in [0.2, 0.25) is 0 Å². The summed E-state index contributed by atoms with van der Waals surface area (Å²) in [7, 11) is 0. The SMILES string of the molecule is CCOC(=O)/C(=C(\SC)C(=C=[N-])C#N)n1c[n+](Cc2ccccc2)cn1. The van der Waals surface area contributed by atoms with Crippen molar-refractivity contribution in [3.8, 4) is 6.07 Å². The maximum atomic E-state index is 12.5. The number of thioether (sulfide) groups is 1. The summed E-state index contributed by atoms with van der Waals surface area (Å²) in [6.45, 7) is 2.43. The molecule has 0 saturated carbocycles. The zero-order valence-corrected chi connectivity index (χ0v) is 15.2. The van der Waals surface area contributed by atoms with E-state index in [9.17, 15) is 15.5 Å². The van der Waals surface area contributed by atoms with Gasteiger partial charge in [-0.25, -0.2) is 15.2 Å². The number of ether oxygens (including phenoxy) is 1. The van der Waals surface area contributed by atoms with Crippen molar-refractivity contribution in [2.45, 2.75) is 13.5 Å². The van der Waals surface area contributed by atoms with E-state index in [1.165, 1.54) is 4.68 Å². The molecule has 1 aromatic heterocycles. The van der Waals surface area contributed by atoms with Gasteiger partial charge >= 0.3 is 5.97 Å². The van der Waals surface area contributed by atoms with E-state index in [4.69, 9.17) is 4.74 Å². The molecule has 0 N–H and O–H groups in total. The molecular formula is C18H17N5O2S. The van der Waals surface area contributed by atoms with Gasteiger partial charge in [0.2, 0.25) is 12.0 Å². The molecule has 2 aromatic rings. The number of hydrogen-bond donors (Lipinski definition) is 0. The van der Waals surface area contributed by atoms with E-state index in [0.29, 0.717) is 6.54 Å². The standard InChI is InChI=1S/C18H17N5O2S/c1-3-25-18(24)16(17(26-2)15(9-19)10-20)23-13-22(12-21-23)11-14-7-5-4-6-8-14/h4-8,12-13H,3,11H2,1-2H3/b17-16+. The van der Waals surface area contributed by atoms with Crippen molar-refractivity contribution in [1.29, 1.82) is 5.26 Å². The van der Waals surface area contributed by atoms with Crippen molar-refractivity contribution < 1.29 is 14.1 Å². The number of hydrogen-bond acceptors (Lipinski definition) is 5. The van der Waals surface area contributed by atoms with Crippen LogP contribution in [0.1, 0.15) is 12.5 Å². The third kappa shape index (κ3) is 4.48. The summed E-state index contributed by atoms with van der Waals surface area (Å²) in [5, 5.41) is 22.6. The minimum atomic E-state index is -0.644. The highest BCUT2D eigenvalue weighted by atomic mass is 32.2. The Morgan fingerprint density at radius 2 is 2.15 bits per heavy atom. The summed E-state index contributed by atoms with van der Waals surface area (Å²) in [6.07, 6.45) is 4.88. The van der Waals surface area contributed by atoms with Gasteiger partial charge in [0.1, 0.15) is 6.07 Å². The first-order valence-corrected chi connectivity index (χ1v) is 8.98. The molecule has 8 heteroatoms. The van der Waals surface area contributed by atoms with E-state index in [2.05, 4.69) is 5.10 Å². The van der Waals surface area contributed by atoms with Gasteiger partial charge in [-0.15, -0.1) is 11.8 Å². The molecule has 0 atom stereocenters. The predicted molar refractivity (Wildman–Crippen MR) is 98.8 cm³/mol. The van der Waals surface area contributed by atoms with Crippen molar-refractivity contribution in [1.82, 2.24) is 9.78 Å². The number of aromatic nitrogens is 3. The third-order valence-electron chi connectivity index (χ3n) is 3.36. The number of nitrogens with zero attached hydrogens (tertiary/aromatic N) is 5. The Bertz CT molecular complexity index is 905. The largest absolute Gasteiger partial charge is 0.762 e. The minimum absolute atomic E-state index is 0.0456. The molecule has 0 aliphatic heterocycles. The van der Waals surface area contributed by atoms with Crippen LogP contribution in [-0.2, 0) is 16.1 Å². The lowest BCUT2D eigenvalue weighted by Gasteiger charge is -2.07. The second-order valence-corrected chi connectivity index (χ2v) is 5.87. The Hall–Kier alpha value is -3.14. The number of allylic oxidation sites excluding steroid dienone is 1. The van der Waals surface area contributed by atoms with E-state index >= 15 is 0 Å². The number of nitriles is 1. The smallest absolute Gasteiger partial charge is 0.375 e. The first-order chi connectivity index (χ1) is 12.6. The van der Waals surface area contributed by atoms with Gasteiger partial charge < -0.3 is 10.1 Å². The summed E-state index contributed by atoms with van der Waals surface area (Å²) < 4.78 is 8.23. The minimum Gasteiger partial charge on any atom is -0.762 e. The molecule has 0 aliphatic carbocycles. The molecule has 0 bridgehead atoms. The zero-order chi connectivity index (χ0) is 18.9. The molecule has 1 heterocycles. The van der Waals surface area contributed by atoms with Gasteiger partial charge in [0, 0.05) is 5.10 Å². The fourth-order valence-corrected chi connectivity index (χ4v) is 2.91. The van der Waals surface area contributed by atoms with Gasteiger partial charge in [-0.1, -0.05) is 35.0 Å². The molecule has 0 spiro atoms. The summed E-state index contributed by atoms with van der Waals surface area (Å²) in [6, 6.07) is 11.6. The monoisotopic (exact) mass is 367 g/mol. The quantitative estimate of drug-likeness (QED) is 0.186. The van der Waals surface area contributed by atoms with Gasteiger partial charge in [-0.3, -0.25) is 0 Å².